The van der Waals surface area contributed by atoms with Crippen molar-refractivity contribution in [1.82, 2.24) is 10.6 Å². The Hall–Kier alpha value is -1.14. The molecule has 0 aromatic carbocycles. The fourth-order valence-corrected chi connectivity index (χ4v) is 2.27. The molecule has 0 unspecified atom stereocenters. The number of aliphatic carboxylic acids is 1. The van der Waals surface area contributed by atoms with Gasteiger partial charge in [-0.25, -0.2) is 4.79 Å². The van der Waals surface area contributed by atoms with Gasteiger partial charge in [0.2, 0.25) is 5.91 Å². The summed E-state index contributed by atoms with van der Waals surface area (Å²) in [7, 11) is 1.56. The average Bonchev–Trinajstić information content (AvgIpc) is 2.36. The Labute approximate surface area is 107 Å². The number of ether oxygens (including phenoxy) is 1. The van der Waals surface area contributed by atoms with Gasteiger partial charge in [-0.05, 0) is 32.4 Å². The normalized spacial score (nSPS) is 20.1. The van der Waals surface area contributed by atoms with Gasteiger partial charge in [0.25, 0.3) is 0 Å². The van der Waals surface area contributed by atoms with E-state index in [0.717, 1.165) is 13.1 Å². The van der Waals surface area contributed by atoms with E-state index in [1.54, 1.807) is 14.0 Å². The zero-order valence-corrected chi connectivity index (χ0v) is 11.0. The minimum Gasteiger partial charge on any atom is -0.480 e. The molecule has 1 saturated heterocycles. The molecule has 0 aromatic heterocycles. The fourth-order valence-electron chi connectivity index (χ4n) is 2.27. The number of methoxy groups -OCH3 is 1. The van der Waals surface area contributed by atoms with Crippen LogP contribution in [0.4, 0.5) is 0 Å². The third-order valence-electron chi connectivity index (χ3n) is 3.47. The van der Waals surface area contributed by atoms with Gasteiger partial charge in [0, 0.05) is 7.11 Å². The minimum atomic E-state index is -0.993. The molecule has 1 rings (SSSR count). The van der Waals surface area contributed by atoms with E-state index >= 15 is 0 Å². The summed E-state index contributed by atoms with van der Waals surface area (Å²) >= 11 is 0. The second-order valence-corrected chi connectivity index (χ2v) is 4.74. The van der Waals surface area contributed by atoms with Crippen LogP contribution in [0.15, 0.2) is 0 Å². The molecular formula is C12H22N2O4. The van der Waals surface area contributed by atoms with Crippen LogP contribution in [0, 0.1) is 5.41 Å². The minimum absolute atomic E-state index is 0.208. The number of nitrogens with one attached hydrogen (secondary N) is 2. The SMILES string of the molecule is CC[C@H](NC(=O)C1(COC)CCNCC1)C(=O)O. The molecule has 18 heavy (non-hydrogen) atoms. The molecule has 0 aromatic rings. The average molecular weight is 258 g/mol. The van der Waals surface area contributed by atoms with Crippen LogP contribution < -0.4 is 10.6 Å². The molecule has 1 atom stereocenters. The van der Waals surface area contributed by atoms with Gasteiger partial charge in [0.05, 0.1) is 12.0 Å². The summed E-state index contributed by atoms with van der Waals surface area (Å²) in [6.45, 7) is 3.57. The maximum atomic E-state index is 12.3. The van der Waals surface area contributed by atoms with Crippen LogP contribution in [0.25, 0.3) is 0 Å². The van der Waals surface area contributed by atoms with Crippen LogP contribution in [0.5, 0.6) is 0 Å². The maximum absolute atomic E-state index is 12.3. The maximum Gasteiger partial charge on any atom is 0.326 e. The molecule has 1 aliphatic rings. The van der Waals surface area contributed by atoms with Crippen molar-refractivity contribution < 1.29 is 19.4 Å². The Kier molecular flexibility index (Phi) is 5.55. The topological polar surface area (TPSA) is 87.7 Å². The first-order valence-electron chi connectivity index (χ1n) is 6.29. The van der Waals surface area contributed by atoms with E-state index in [0.29, 0.717) is 25.9 Å². The first kappa shape index (κ1) is 14.9. The summed E-state index contributed by atoms with van der Waals surface area (Å²) in [5.41, 5.74) is -0.594. The van der Waals surface area contributed by atoms with Crippen molar-refractivity contribution >= 4 is 11.9 Å². The summed E-state index contributed by atoms with van der Waals surface area (Å²) < 4.78 is 5.15. The van der Waals surface area contributed by atoms with Gasteiger partial charge >= 0.3 is 5.97 Å². The number of carbonyl (C=O) groups is 2. The molecule has 104 valence electrons. The van der Waals surface area contributed by atoms with Crippen molar-refractivity contribution in [2.75, 3.05) is 26.8 Å². The van der Waals surface area contributed by atoms with Crippen LogP contribution in [-0.4, -0.2) is 49.8 Å². The molecule has 0 aliphatic carbocycles. The highest BCUT2D eigenvalue weighted by Gasteiger charge is 2.40. The highest BCUT2D eigenvalue weighted by molar-refractivity contribution is 5.87. The number of amides is 1. The number of hydrogen-bond acceptors (Lipinski definition) is 4. The van der Waals surface area contributed by atoms with Crippen molar-refractivity contribution in [2.45, 2.75) is 32.2 Å². The molecule has 0 saturated carbocycles. The van der Waals surface area contributed by atoms with E-state index < -0.39 is 17.4 Å². The number of hydrogen-bond donors (Lipinski definition) is 3. The van der Waals surface area contributed by atoms with E-state index in [2.05, 4.69) is 10.6 Å². The molecule has 3 N–H and O–H groups in total. The summed E-state index contributed by atoms with van der Waals surface area (Å²) in [5.74, 6) is -1.20. The first-order valence-corrected chi connectivity index (χ1v) is 6.29. The van der Waals surface area contributed by atoms with Gasteiger partial charge in [0.15, 0.2) is 0 Å². The Morgan fingerprint density at radius 3 is 2.50 bits per heavy atom. The second-order valence-electron chi connectivity index (χ2n) is 4.74. The largest absolute Gasteiger partial charge is 0.480 e. The quantitative estimate of drug-likeness (QED) is 0.623. The third-order valence-corrected chi connectivity index (χ3v) is 3.47. The number of carboxylic acid groups (broad SMARTS) is 1. The standard InChI is InChI=1S/C12H22N2O4/c1-3-9(10(15)16)14-11(17)12(8-18-2)4-6-13-7-5-12/h9,13H,3-8H2,1-2H3,(H,14,17)(H,15,16)/t9-/m0/s1. The van der Waals surface area contributed by atoms with Crippen molar-refractivity contribution in [1.29, 1.82) is 0 Å². The number of carboxylic acids is 1. The van der Waals surface area contributed by atoms with Crippen LogP contribution in [0.2, 0.25) is 0 Å². The van der Waals surface area contributed by atoms with Crippen molar-refractivity contribution in [3.05, 3.63) is 0 Å². The van der Waals surface area contributed by atoms with Crippen LogP contribution in [0.1, 0.15) is 26.2 Å². The lowest BCUT2D eigenvalue weighted by Crippen LogP contribution is -2.53. The lowest BCUT2D eigenvalue weighted by molar-refractivity contribution is -0.146. The van der Waals surface area contributed by atoms with Crippen LogP contribution >= 0.6 is 0 Å². The highest BCUT2D eigenvalue weighted by Crippen LogP contribution is 2.29. The lowest BCUT2D eigenvalue weighted by atomic mass is 9.78. The molecule has 0 radical (unpaired) electrons. The Morgan fingerprint density at radius 1 is 1.44 bits per heavy atom. The first-order chi connectivity index (χ1) is 8.55. The molecule has 6 heteroatoms. The van der Waals surface area contributed by atoms with Gasteiger partial charge in [-0.15, -0.1) is 0 Å². The monoisotopic (exact) mass is 258 g/mol. The van der Waals surface area contributed by atoms with Gasteiger partial charge in [-0.1, -0.05) is 6.92 Å². The van der Waals surface area contributed by atoms with Gasteiger partial charge in [0.1, 0.15) is 6.04 Å². The smallest absolute Gasteiger partial charge is 0.326 e. The molecular weight excluding hydrogens is 236 g/mol. The Balaban J connectivity index is 2.73. The van der Waals surface area contributed by atoms with Crippen molar-refractivity contribution in [3.63, 3.8) is 0 Å². The molecule has 1 amide bonds. The molecule has 0 bridgehead atoms. The van der Waals surface area contributed by atoms with Gasteiger partial charge in [-0.3, -0.25) is 4.79 Å². The zero-order valence-electron chi connectivity index (χ0n) is 11.0. The van der Waals surface area contributed by atoms with Gasteiger partial charge in [-0.2, -0.15) is 0 Å². The molecule has 1 heterocycles. The van der Waals surface area contributed by atoms with E-state index in [1.165, 1.54) is 0 Å². The summed E-state index contributed by atoms with van der Waals surface area (Å²) in [5, 5.41) is 14.8. The third kappa shape index (κ3) is 3.43. The Morgan fingerprint density at radius 2 is 2.06 bits per heavy atom. The number of carbonyl (C=O) groups excluding carboxylic acids is 1. The van der Waals surface area contributed by atoms with Crippen molar-refractivity contribution in [3.8, 4) is 0 Å². The van der Waals surface area contributed by atoms with E-state index in [9.17, 15) is 9.59 Å². The summed E-state index contributed by atoms with van der Waals surface area (Å²) in [6.07, 6.45) is 1.72. The Bertz CT molecular complexity index is 295. The fraction of sp³-hybridized carbons (Fsp3) is 0.833. The van der Waals surface area contributed by atoms with Gasteiger partial charge < -0.3 is 20.5 Å². The number of rotatable bonds is 6. The zero-order chi connectivity index (χ0) is 13.6. The van der Waals surface area contributed by atoms with E-state index in [1.807, 2.05) is 0 Å². The molecule has 0 spiro atoms. The summed E-state index contributed by atoms with van der Waals surface area (Å²) in [6, 6.07) is -0.818. The highest BCUT2D eigenvalue weighted by atomic mass is 16.5. The molecule has 1 fully saturated rings. The lowest BCUT2D eigenvalue weighted by Gasteiger charge is -2.36. The number of piperidine rings is 1. The van der Waals surface area contributed by atoms with Crippen molar-refractivity contribution in [2.24, 2.45) is 5.41 Å². The predicted octanol–water partition coefficient (Wildman–Crippen LogP) is -0.0180. The van der Waals surface area contributed by atoms with E-state index in [-0.39, 0.29) is 5.91 Å². The molecule has 6 nitrogen and oxygen atoms in total. The second kappa shape index (κ2) is 6.70. The summed E-state index contributed by atoms with van der Waals surface area (Å²) in [4.78, 5) is 23.3. The predicted molar refractivity (Wildman–Crippen MR) is 66.3 cm³/mol. The molecule has 1 aliphatic heterocycles. The van der Waals surface area contributed by atoms with E-state index in [4.69, 9.17) is 9.84 Å². The van der Waals surface area contributed by atoms with Crippen LogP contribution in [-0.2, 0) is 14.3 Å². The van der Waals surface area contributed by atoms with Crippen LogP contribution in [0.3, 0.4) is 0 Å².